The molecule has 0 unspecified atom stereocenters. The number of ether oxygens (including phenoxy) is 2. The number of likely N-dealkylation sites (tertiary alicyclic amines) is 1. The monoisotopic (exact) mass is 639 g/mol. The molecule has 0 spiro atoms. The highest BCUT2D eigenvalue weighted by atomic mass is 32.2. The second-order valence-corrected chi connectivity index (χ2v) is 12.4. The molecule has 1 aliphatic heterocycles. The molecule has 2 aromatic carbocycles. The van der Waals surface area contributed by atoms with Gasteiger partial charge in [-0.05, 0) is 30.7 Å². The van der Waals surface area contributed by atoms with Crippen molar-refractivity contribution in [3.8, 4) is 17.6 Å². The van der Waals surface area contributed by atoms with Crippen LogP contribution in [0, 0.1) is 11.8 Å². The topological polar surface area (TPSA) is 115 Å². The zero-order valence-corrected chi connectivity index (χ0v) is 25.2. The van der Waals surface area contributed by atoms with Crippen LogP contribution in [0.1, 0.15) is 22.3 Å². The minimum Gasteiger partial charge on any atom is -0.495 e. The normalized spacial score (nSPS) is 17.6. The lowest BCUT2D eigenvalue weighted by Crippen LogP contribution is -2.52. The number of benzene rings is 2. The minimum atomic E-state index is -4.54. The van der Waals surface area contributed by atoms with Gasteiger partial charge in [-0.15, -0.1) is 0 Å². The number of rotatable bonds is 10. The fourth-order valence-electron chi connectivity index (χ4n) is 4.86. The number of aromatic nitrogens is 2. The molecule has 238 valence electrons. The number of nitrogens with zero attached hydrogens (tertiary/aromatic N) is 3. The molecule has 0 bridgehead atoms. The van der Waals surface area contributed by atoms with E-state index in [0.717, 1.165) is 17.2 Å². The molecule has 0 aliphatic carbocycles. The summed E-state index contributed by atoms with van der Waals surface area (Å²) in [5.41, 5.74) is 0.796. The molecule has 15 heteroatoms. The highest BCUT2D eigenvalue weighted by Gasteiger charge is 2.32. The van der Waals surface area contributed by atoms with E-state index in [-0.39, 0.29) is 45.9 Å². The molecule has 2 N–H and O–H groups in total. The Balaban J connectivity index is 1.57. The van der Waals surface area contributed by atoms with Crippen molar-refractivity contribution in [3.63, 3.8) is 0 Å². The summed E-state index contributed by atoms with van der Waals surface area (Å²) in [6, 6.07) is 6.36. The summed E-state index contributed by atoms with van der Waals surface area (Å²) in [6.07, 6.45) is -3.45. The van der Waals surface area contributed by atoms with Gasteiger partial charge in [0, 0.05) is 44.6 Å². The van der Waals surface area contributed by atoms with E-state index in [0.29, 0.717) is 31.8 Å². The Morgan fingerprint density at radius 2 is 1.98 bits per heavy atom. The lowest BCUT2D eigenvalue weighted by molar-refractivity contribution is -0.139. The smallest absolute Gasteiger partial charge is 0.406 e. The molecule has 44 heavy (non-hydrogen) atoms. The summed E-state index contributed by atoms with van der Waals surface area (Å²) in [7, 11) is -0.496. The van der Waals surface area contributed by atoms with Gasteiger partial charge >= 0.3 is 6.18 Å². The van der Waals surface area contributed by atoms with Crippen LogP contribution in [0.5, 0.6) is 5.75 Å². The number of carbonyl (C=O) groups excluding carboxylic acids is 1. The van der Waals surface area contributed by atoms with Gasteiger partial charge in [0.05, 0.1) is 54.3 Å². The zero-order chi connectivity index (χ0) is 32.1. The molecule has 3 aromatic rings. The lowest BCUT2D eigenvalue weighted by atomic mass is 10.0. The van der Waals surface area contributed by atoms with Crippen molar-refractivity contribution in [1.29, 1.82) is 0 Å². The molecule has 4 rings (SSSR count). The van der Waals surface area contributed by atoms with Gasteiger partial charge in [0.2, 0.25) is 0 Å². The Labute approximate surface area is 252 Å². The Morgan fingerprint density at radius 1 is 1.20 bits per heavy atom. The number of halogens is 4. The highest BCUT2D eigenvalue weighted by molar-refractivity contribution is 7.90. The maximum atomic E-state index is 15.0. The van der Waals surface area contributed by atoms with Gasteiger partial charge < -0.3 is 24.7 Å². The van der Waals surface area contributed by atoms with Gasteiger partial charge in [0.1, 0.15) is 24.0 Å². The molecule has 0 saturated carbocycles. The number of amides is 1. The third-order valence-corrected chi connectivity index (χ3v) is 8.18. The standard InChI is InChI=1S/C29H33F4N5O5S/c1-42-12-11-37-10-8-23(22(30)16-37)36-28(39)21-13-19(14-25-27(21)35-18-38(25)17-29(31,32)33)5-4-9-34-24-7-6-20(44(3,40)41)15-26(24)43-2/h6-7,13-15,18,22-23,34H,8-12,16-17H2,1-3H3,(H,36,39)/t22-,23-/m0/s1. The SMILES string of the molecule is COCCN1CC[C@H](NC(=O)c2cc(C#CCNc3ccc(S(C)(=O)=O)cc3OC)cc3c2ncn3CC(F)(F)F)[C@@H](F)C1. The van der Waals surface area contributed by atoms with Crippen molar-refractivity contribution >= 4 is 32.5 Å². The van der Waals surface area contributed by atoms with Gasteiger partial charge in [-0.3, -0.25) is 9.69 Å². The van der Waals surface area contributed by atoms with E-state index in [1.807, 2.05) is 4.90 Å². The lowest BCUT2D eigenvalue weighted by Gasteiger charge is -2.34. The average Bonchev–Trinajstić information content (AvgIpc) is 3.35. The molecule has 10 nitrogen and oxygen atoms in total. The number of anilines is 1. The first-order valence-corrected chi connectivity index (χ1v) is 15.5. The van der Waals surface area contributed by atoms with Crippen LogP contribution < -0.4 is 15.4 Å². The quantitative estimate of drug-likeness (QED) is 0.257. The number of hydrogen-bond donors (Lipinski definition) is 2. The molecule has 0 radical (unpaired) electrons. The van der Waals surface area contributed by atoms with Crippen LogP contribution in [0.15, 0.2) is 41.6 Å². The number of carbonyl (C=O) groups is 1. The van der Waals surface area contributed by atoms with Crippen LogP contribution >= 0.6 is 0 Å². The van der Waals surface area contributed by atoms with Gasteiger partial charge in [-0.1, -0.05) is 11.8 Å². The number of methoxy groups -OCH3 is 2. The number of piperidine rings is 1. The van der Waals surface area contributed by atoms with E-state index in [2.05, 4.69) is 27.5 Å². The Kier molecular flexibility index (Phi) is 10.4. The second-order valence-electron chi connectivity index (χ2n) is 10.3. The van der Waals surface area contributed by atoms with Crippen LogP contribution in [0.25, 0.3) is 11.0 Å². The molecule has 1 aromatic heterocycles. The summed E-state index contributed by atoms with van der Waals surface area (Å²) >= 11 is 0. The van der Waals surface area contributed by atoms with Crippen LogP contribution in [-0.2, 0) is 21.1 Å². The van der Waals surface area contributed by atoms with Crippen molar-refractivity contribution in [2.24, 2.45) is 0 Å². The Bertz CT molecular complexity index is 1670. The summed E-state index contributed by atoms with van der Waals surface area (Å²) in [6.45, 7) is 0.409. The third kappa shape index (κ3) is 8.40. The number of nitrogens with one attached hydrogen (secondary N) is 2. The molecule has 1 fully saturated rings. The van der Waals surface area contributed by atoms with Crippen molar-refractivity contribution in [3.05, 3.63) is 47.8 Å². The zero-order valence-electron chi connectivity index (χ0n) is 24.4. The van der Waals surface area contributed by atoms with Crippen molar-refractivity contribution in [2.75, 3.05) is 58.6 Å². The number of sulfone groups is 1. The van der Waals surface area contributed by atoms with Gasteiger partial charge in [-0.25, -0.2) is 17.8 Å². The first-order valence-electron chi connectivity index (χ1n) is 13.6. The Hall–Kier alpha value is -3.87. The van der Waals surface area contributed by atoms with Crippen molar-refractivity contribution in [1.82, 2.24) is 19.8 Å². The summed E-state index contributed by atoms with van der Waals surface area (Å²) in [5.74, 6) is 5.32. The van der Waals surface area contributed by atoms with Gasteiger partial charge in [-0.2, -0.15) is 13.2 Å². The summed E-state index contributed by atoms with van der Waals surface area (Å²) in [4.78, 5) is 19.4. The molecular formula is C29H33F4N5O5S. The molecule has 2 atom stereocenters. The largest absolute Gasteiger partial charge is 0.495 e. The van der Waals surface area contributed by atoms with E-state index in [9.17, 15) is 30.8 Å². The molecule has 2 heterocycles. The molecule has 1 saturated heterocycles. The minimum absolute atomic E-state index is 0.0206. The van der Waals surface area contributed by atoms with Crippen LogP contribution in [0.4, 0.5) is 23.2 Å². The number of alkyl halides is 4. The van der Waals surface area contributed by atoms with E-state index in [4.69, 9.17) is 9.47 Å². The first kappa shape index (κ1) is 33.0. The maximum absolute atomic E-state index is 15.0. The van der Waals surface area contributed by atoms with Gasteiger partial charge in [0.15, 0.2) is 9.84 Å². The average molecular weight is 640 g/mol. The summed E-state index contributed by atoms with van der Waals surface area (Å²) < 4.78 is 89.6. The van der Waals surface area contributed by atoms with E-state index < -0.39 is 40.7 Å². The highest BCUT2D eigenvalue weighted by Crippen LogP contribution is 2.28. The van der Waals surface area contributed by atoms with Crippen molar-refractivity contribution < 1.29 is 40.2 Å². The third-order valence-electron chi connectivity index (χ3n) is 7.07. The van der Waals surface area contributed by atoms with Crippen LogP contribution in [0.3, 0.4) is 0 Å². The fourth-order valence-corrected chi connectivity index (χ4v) is 5.50. The molecule has 1 aliphatic rings. The van der Waals surface area contributed by atoms with Crippen molar-refractivity contribution in [2.45, 2.75) is 36.3 Å². The van der Waals surface area contributed by atoms with E-state index in [1.54, 1.807) is 7.11 Å². The number of hydrogen-bond acceptors (Lipinski definition) is 8. The Morgan fingerprint density at radius 3 is 2.64 bits per heavy atom. The first-order chi connectivity index (χ1) is 20.8. The molecular weight excluding hydrogens is 606 g/mol. The summed E-state index contributed by atoms with van der Waals surface area (Å²) in [5, 5.41) is 5.70. The predicted molar refractivity (Wildman–Crippen MR) is 156 cm³/mol. The van der Waals surface area contributed by atoms with Crippen LogP contribution in [0.2, 0.25) is 0 Å². The maximum Gasteiger partial charge on any atom is 0.406 e. The second kappa shape index (κ2) is 13.8. The van der Waals surface area contributed by atoms with Crippen LogP contribution in [-0.4, -0.2) is 100 Å². The predicted octanol–water partition coefficient (Wildman–Crippen LogP) is 3.26. The number of imidazole rings is 1. The number of fused-ring (bicyclic) bond motifs is 1. The van der Waals surface area contributed by atoms with Gasteiger partial charge in [0.25, 0.3) is 5.91 Å². The molecule has 1 amide bonds. The van der Waals surface area contributed by atoms with E-state index >= 15 is 0 Å². The fraction of sp³-hybridized carbons (Fsp3) is 0.448. The van der Waals surface area contributed by atoms with E-state index in [1.165, 1.54) is 37.4 Å².